The van der Waals surface area contributed by atoms with Crippen LogP contribution in [-0.2, 0) is 6.42 Å². The van der Waals surface area contributed by atoms with Crippen molar-refractivity contribution in [1.82, 2.24) is 19.4 Å². The van der Waals surface area contributed by atoms with Gasteiger partial charge in [-0.1, -0.05) is 41.4 Å². The lowest BCUT2D eigenvalue weighted by Gasteiger charge is -2.05. The lowest BCUT2D eigenvalue weighted by Crippen LogP contribution is -1.99. The van der Waals surface area contributed by atoms with E-state index >= 15 is 0 Å². The zero-order valence-electron chi connectivity index (χ0n) is 12.5. The Bertz CT molecular complexity index is 1010. The lowest BCUT2D eigenvalue weighted by atomic mass is 10.1. The van der Waals surface area contributed by atoms with Crippen LogP contribution in [0.1, 0.15) is 11.4 Å². The van der Waals surface area contributed by atoms with Gasteiger partial charge in [-0.25, -0.2) is 15.0 Å². The predicted octanol–water partition coefficient (Wildman–Crippen LogP) is 4.69. The van der Waals surface area contributed by atoms with Gasteiger partial charge in [0.05, 0.1) is 17.1 Å². The van der Waals surface area contributed by atoms with Gasteiger partial charge in [-0.2, -0.15) is 0 Å². The molecule has 0 bridgehead atoms. The van der Waals surface area contributed by atoms with Crippen LogP contribution in [-0.4, -0.2) is 19.4 Å². The van der Waals surface area contributed by atoms with Gasteiger partial charge in [0.1, 0.15) is 17.1 Å². The fourth-order valence-corrected chi connectivity index (χ4v) is 2.99. The largest absolute Gasteiger partial charge is 0.303 e. The molecule has 0 unspecified atom stereocenters. The fraction of sp³-hybridized carbons (Fsp3) is 0.0556. The van der Waals surface area contributed by atoms with Crippen LogP contribution in [0.15, 0.2) is 61.1 Å². The molecule has 0 spiro atoms. The molecule has 118 valence electrons. The minimum Gasteiger partial charge on any atom is -0.303 e. The van der Waals surface area contributed by atoms with Gasteiger partial charge in [0, 0.05) is 23.2 Å². The number of halogens is 2. The summed E-state index contributed by atoms with van der Waals surface area (Å²) < 4.78 is 2.07. The van der Waals surface area contributed by atoms with Gasteiger partial charge in [0.15, 0.2) is 0 Å². The first-order chi connectivity index (χ1) is 11.7. The molecule has 4 nitrogen and oxygen atoms in total. The van der Waals surface area contributed by atoms with Crippen LogP contribution in [0.4, 0.5) is 0 Å². The van der Waals surface area contributed by atoms with Crippen molar-refractivity contribution in [3.63, 3.8) is 0 Å². The maximum Gasteiger partial charge on any atom is 0.137 e. The molecule has 3 heterocycles. The monoisotopic (exact) mass is 354 g/mol. The number of rotatable bonds is 3. The highest BCUT2D eigenvalue weighted by atomic mass is 35.5. The standard InChI is InChI=1S/C18H12Cl2N4/c19-13-6-4-12(5-7-13)18-15(9-14-10-16(20)22-11-21-14)24-8-2-1-3-17(24)23-18/h1-8,10-11H,9H2. The van der Waals surface area contributed by atoms with E-state index in [0.717, 1.165) is 28.3 Å². The second-order valence-electron chi connectivity index (χ2n) is 5.35. The summed E-state index contributed by atoms with van der Waals surface area (Å²) in [7, 11) is 0. The van der Waals surface area contributed by atoms with Gasteiger partial charge in [-0.15, -0.1) is 0 Å². The number of benzene rings is 1. The Morgan fingerprint density at radius 3 is 2.58 bits per heavy atom. The van der Waals surface area contributed by atoms with Gasteiger partial charge in [0.25, 0.3) is 0 Å². The van der Waals surface area contributed by atoms with Gasteiger partial charge in [-0.05, 0) is 30.3 Å². The van der Waals surface area contributed by atoms with E-state index in [2.05, 4.69) is 14.4 Å². The van der Waals surface area contributed by atoms with Crippen molar-refractivity contribution in [1.29, 1.82) is 0 Å². The second-order valence-corrected chi connectivity index (χ2v) is 6.18. The highest BCUT2D eigenvalue weighted by Crippen LogP contribution is 2.27. The van der Waals surface area contributed by atoms with E-state index in [4.69, 9.17) is 28.2 Å². The summed E-state index contributed by atoms with van der Waals surface area (Å²) in [5.41, 5.74) is 4.70. The summed E-state index contributed by atoms with van der Waals surface area (Å²) in [4.78, 5) is 13.0. The normalized spacial score (nSPS) is 11.1. The van der Waals surface area contributed by atoms with Crippen molar-refractivity contribution in [2.45, 2.75) is 6.42 Å². The first-order valence-corrected chi connectivity index (χ1v) is 8.14. The van der Waals surface area contributed by atoms with E-state index < -0.39 is 0 Å². The summed E-state index contributed by atoms with van der Waals surface area (Å²) >= 11 is 12.0. The number of pyridine rings is 1. The van der Waals surface area contributed by atoms with Gasteiger partial charge in [-0.3, -0.25) is 0 Å². The molecule has 1 aromatic carbocycles. The van der Waals surface area contributed by atoms with Crippen LogP contribution in [0.3, 0.4) is 0 Å². The minimum atomic E-state index is 0.432. The molecular weight excluding hydrogens is 343 g/mol. The van der Waals surface area contributed by atoms with E-state index in [0.29, 0.717) is 16.6 Å². The third-order valence-corrected chi connectivity index (χ3v) is 4.24. The lowest BCUT2D eigenvalue weighted by molar-refractivity contribution is 0.966. The van der Waals surface area contributed by atoms with E-state index in [9.17, 15) is 0 Å². The number of aromatic nitrogens is 4. The molecule has 0 aliphatic carbocycles. The SMILES string of the molecule is Clc1ccc(-c2nc3ccccn3c2Cc2cc(Cl)ncn2)cc1. The van der Waals surface area contributed by atoms with Gasteiger partial charge >= 0.3 is 0 Å². The fourth-order valence-electron chi connectivity index (χ4n) is 2.69. The van der Waals surface area contributed by atoms with Crippen LogP contribution < -0.4 is 0 Å². The average Bonchev–Trinajstić information content (AvgIpc) is 2.94. The third kappa shape index (κ3) is 2.86. The summed E-state index contributed by atoms with van der Waals surface area (Å²) in [6.45, 7) is 0. The first-order valence-electron chi connectivity index (χ1n) is 7.39. The molecule has 0 saturated carbocycles. The molecule has 0 N–H and O–H groups in total. The van der Waals surface area contributed by atoms with Gasteiger partial charge in [0.2, 0.25) is 0 Å². The number of fused-ring (bicyclic) bond motifs is 1. The van der Waals surface area contributed by atoms with Crippen LogP contribution in [0.2, 0.25) is 10.2 Å². The zero-order valence-corrected chi connectivity index (χ0v) is 14.0. The van der Waals surface area contributed by atoms with Crippen molar-refractivity contribution in [3.05, 3.63) is 82.6 Å². The molecule has 0 aliphatic heterocycles. The van der Waals surface area contributed by atoms with Crippen molar-refractivity contribution >= 4 is 28.8 Å². The molecule has 3 aromatic heterocycles. The third-order valence-electron chi connectivity index (χ3n) is 3.79. The molecule has 0 amide bonds. The molecule has 0 radical (unpaired) electrons. The molecule has 0 saturated heterocycles. The Morgan fingerprint density at radius 1 is 0.958 bits per heavy atom. The number of hydrogen-bond donors (Lipinski definition) is 0. The van der Waals surface area contributed by atoms with Crippen molar-refractivity contribution < 1.29 is 0 Å². The molecule has 0 fully saturated rings. The van der Waals surface area contributed by atoms with Crippen LogP contribution in [0.5, 0.6) is 0 Å². The average molecular weight is 355 g/mol. The summed E-state index contributed by atoms with van der Waals surface area (Å²) in [6.07, 6.45) is 4.08. The Hall–Kier alpha value is -2.43. The summed E-state index contributed by atoms with van der Waals surface area (Å²) in [5.74, 6) is 0. The number of imidazole rings is 1. The Balaban J connectivity index is 1.88. The Labute approximate surface area is 148 Å². The predicted molar refractivity (Wildman–Crippen MR) is 95.5 cm³/mol. The molecule has 0 aliphatic rings. The van der Waals surface area contributed by atoms with E-state index in [1.807, 2.05) is 48.7 Å². The molecule has 4 rings (SSSR count). The van der Waals surface area contributed by atoms with E-state index in [-0.39, 0.29) is 0 Å². The van der Waals surface area contributed by atoms with E-state index in [1.54, 1.807) is 6.07 Å². The van der Waals surface area contributed by atoms with Crippen molar-refractivity contribution in [2.75, 3.05) is 0 Å². The Morgan fingerprint density at radius 2 is 1.79 bits per heavy atom. The van der Waals surface area contributed by atoms with Crippen LogP contribution in [0, 0.1) is 0 Å². The molecule has 6 heteroatoms. The Kier molecular flexibility index (Phi) is 3.92. The van der Waals surface area contributed by atoms with Crippen LogP contribution in [0.25, 0.3) is 16.9 Å². The molecule has 4 aromatic rings. The zero-order chi connectivity index (χ0) is 16.5. The maximum atomic E-state index is 6.01. The summed E-state index contributed by atoms with van der Waals surface area (Å²) in [6, 6.07) is 15.4. The molecular formula is C18H12Cl2N4. The highest BCUT2D eigenvalue weighted by Gasteiger charge is 2.15. The maximum absolute atomic E-state index is 6.01. The number of hydrogen-bond acceptors (Lipinski definition) is 3. The van der Waals surface area contributed by atoms with Crippen LogP contribution >= 0.6 is 23.2 Å². The van der Waals surface area contributed by atoms with E-state index in [1.165, 1.54) is 6.33 Å². The summed E-state index contributed by atoms with van der Waals surface area (Å²) in [5, 5.41) is 1.13. The minimum absolute atomic E-state index is 0.432. The van der Waals surface area contributed by atoms with Gasteiger partial charge < -0.3 is 4.40 Å². The van der Waals surface area contributed by atoms with Crippen molar-refractivity contribution in [3.8, 4) is 11.3 Å². The first kappa shape index (κ1) is 15.1. The topological polar surface area (TPSA) is 43.1 Å². The smallest absolute Gasteiger partial charge is 0.137 e. The highest BCUT2D eigenvalue weighted by molar-refractivity contribution is 6.30. The second kappa shape index (κ2) is 6.23. The quantitative estimate of drug-likeness (QED) is 0.501. The molecule has 0 atom stereocenters. The molecule has 24 heavy (non-hydrogen) atoms. The van der Waals surface area contributed by atoms with Crippen molar-refractivity contribution in [2.24, 2.45) is 0 Å². The number of nitrogens with zero attached hydrogens (tertiary/aromatic N) is 4.